The topological polar surface area (TPSA) is 12.0 Å². The largest absolute Gasteiger partial charge is 0.317 e. The van der Waals surface area contributed by atoms with Gasteiger partial charge < -0.3 is 5.32 Å². The molecule has 0 fully saturated rings. The minimum atomic E-state index is -0.282. The summed E-state index contributed by atoms with van der Waals surface area (Å²) in [5.41, 5.74) is 0.998. The van der Waals surface area contributed by atoms with Crippen molar-refractivity contribution >= 4 is 11.6 Å². The molecule has 0 aromatic heterocycles. The number of likely N-dealkylation sites (N-methyl/N-ethyl adjacent to an activating group) is 1. The molecule has 18 heavy (non-hydrogen) atoms. The predicted octanol–water partition coefficient (Wildman–Crippen LogP) is 4.44. The van der Waals surface area contributed by atoms with E-state index in [1.165, 1.54) is 0 Å². The molecule has 0 aliphatic heterocycles. The van der Waals surface area contributed by atoms with Gasteiger partial charge in [0.1, 0.15) is 5.82 Å². The van der Waals surface area contributed by atoms with Crippen LogP contribution in [0, 0.1) is 11.2 Å². The highest BCUT2D eigenvalue weighted by Crippen LogP contribution is 2.24. The van der Waals surface area contributed by atoms with Gasteiger partial charge in [-0.15, -0.1) is 0 Å². The number of hydrogen-bond acceptors (Lipinski definition) is 1. The van der Waals surface area contributed by atoms with Crippen molar-refractivity contribution in [2.24, 2.45) is 5.41 Å². The molecule has 102 valence electrons. The van der Waals surface area contributed by atoms with Crippen molar-refractivity contribution in [1.29, 1.82) is 0 Å². The molecule has 1 N–H and O–H groups in total. The second kappa shape index (κ2) is 6.53. The van der Waals surface area contributed by atoms with Gasteiger partial charge in [-0.1, -0.05) is 44.5 Å². The van der Waals surface area contributed by atoms with E-state index < -0.39 is 0 Å². The van der Waals surface area contributed by atoms with Crippen LogP contribution in [0.2, 0.25) is 5.02 Å². The van der Waals surface area contributed by atoms with Gasteiger partial charge in [0.15, 0.2) is 0 Å². The van der Waals surface area contributed by atoms with E-state index in [-0.39, 0.29) is 16.9 Å². The average molecular weight is 272 g/mol. The first kappa shape index (κ1) is 15.5. The molecule has 1 atom stereocenters. The van der Waals surface area contributed by atoms with Crippen molar-refractivity contribution in [1.82, 2.24) is 5.32 Å². The molecule has 3 heteroatoms. The van der Waals surface area contributed by atoms with Crippen LogP contribution < -0.4 is 5.32 Å². The zero-order chi connectivity index (χ0) is 13.8. The van der Waals surface area contributed by atoms with Gasteiger partial charge in [-0.05, 0) is 43.4 Å². The first-order valence-electron chi connectivity index (χ1n) is 6.43. The van der Waals surface area contributed by atoms with Gasteiger partial charge >= 0.3 is 0 Å². The van der Waals surface area contributed by atoms with E-state index in [2.05, 4.69) is 26.1 Å². The van der Waals surface area contributed by atoms with Gasteiger partial charge in [0.05, 0.1) is 5.02 Å². The van der Waals surface area contributed by atoms with E-state index in [0.29, 0.717) is 17.4 Å². The van der Waals surface area contributed by atoms with Crippen molar-refractivity contribution in [2.75, 3.05) is 7.05 Å². The Labute approximate surface area is 115 Å². The van der Waals surface area contributed by atoms with Crippen LogP contribution >= 0.6 is 11.6 Å². The lowest BCUT2D eigenvalue weighted by Gasteiger charge is -2.23. The molecule has 1 aromatic carbocycles. The van der Waals surface area contributed by atoms with Crippen molar-refractivity contribution in [3.63, 3.8) is 0 Å². The fourth-order valence-electron chi connectivity index (χ4n) is 1.93. The maximum absolute atomic E-state index is 13.8. The summed E-state index contributed by atoms with van der Waals surface area (Å²) in [7, 11) is 1.93. The number of rotatable bonds is 5. The summed E-state index contributed by atoms with van der Waals surface area (Å²) in [5.74, 6) is -0.282. The molecule has 1 unspecified atom stereocenters. The molecule has 0 amide bonds. The number of hydrogen-bond donors (Lipinski definition) is 1. The molecule has 0 bridgehead atoms. The maximum atomic E-state index is 13.8. The van der Waals surface area contributed by atoms with Crippen LogP contribution in [0.4, 0.5) is 4.39 Å². The van der Waals surface area contributed by atoms with E-state index in [9.17, 15) is 4.39 Å². The lowest BCUT2D eigenvalue weighted by molar-refractivity contribution is 0.334. The zero-order valence-electron chi connectivity index (χ0n) is 11.7. The van der Waals surface area contributed by atoms with Crippen LogP contribution in [0.15, 0.2) is 18.2 Å². The monoisotopic (exact) mass is 271 g/mol. The summed E-state index contributed by atoms with van der Waals surface area (Å²) >= 11 is 5.79. The van der Waals surface area contributed by atoms with Gasteiger partial charge in [0.25, 0.3) is 0 Å². The summed E-state index contributed by atoms with van der Waals surface area (Å²) in [6.45, 7) is 6.67. The third-order valence-electron chi connectivity index (χ3n) is 3.15. The first-order chi connectivity index (χ1) is 8.33. The quantitative estimate of drug-likeness (QED) is 0.835. The lowest BCUT2D eigenvalue weighted by atomic mass is 9.87. The Hall–Kier alpha value is -0.600. The molecule has 0 saturated heterocycles. The first-order valence-corrected chi connectivity index (χ1v) is 6.81. The summed E-state index contributed by atoms with van der Waals surface area (Å²) in [4.78, 5) is 0. The zero-order valence-corrected chi connectivity index (χ0v) is 12.4. The number of nitrogens with one attached hydrogen (secondary N) is 1. The van der Waals surface area contributed by atoms with Crippen LogP contribution in [-0.2, 0) is 6.42 Å². The highest BCUT2D eigenvalue weighted by atomic mass is 35.5. The minimum Gasteiger partial charge on any atom is -0.317 e. The maximum Gasteiger partial charge on any atom is 0.145 e. The highest BCUT2D eigenvalue weighted by molar-refractivity contribution is 6.30. The predicted molar refractivity (Wildman–Crippen MR) is 76.7 cm³/mol. The Morgan fingerprint density at radius 3 is 2.56 bits per heavy atom. The summed E-state index contributed by atoms with van der Waals surface area (Å²) in [5, 5.41) is 3.47. The Morgan fingerprint density at radius 1 is 1.33 bits per heavy atom. The third-order valence-corrected chi connectivity index (χ3v) is 3.44. The van der Waals surface area contributed by atoms with E-state index in [0.717, 1.165) is 12.8 Å². The molecule has 0 aliphatic carbocycles. The molecular weight excluding hydrogens is 249 g/mol. The molecule has 1 rings (SSSR count). The smallest absolute Gasteiger partial charge is 0.145 e. The fraction of sp³-hybridized carbons (Fsp3) is 0.600. The molecule has 1 aromatic rings. The van der Waals surface area contributed by atoms with Gasteiger partial charge in [-0.3, -0.25) is 0 Å². The second-order valence-corrected chi connectivity index (χ2v) is 6.41. The number of halogens is 2. The SMILES string of the molecule is CNC(CCC(C)(C)C)Cc1cccc(Cl)c1F. The van der Waals surface area contributed by atoms with Crippen molar-refractivity contribution in [3.8, 4) is 0 Å². The average Bonchev–Trinajstić information content (AvgIpc) is 2.28. The second-order valence-electron chi connectivity index (χ2n) is 6.00. The van der Waals surface area contributed by atoms with Crippen molar-refractivity contribution in [3.05, 3.63) is 34.6 Å². The van der Waals surface area contributed by atoms with Crippen LogP contribution in [0.1, 0.15) is 39.2 Å². The molecular formula is C15H23ClFN. The van der Waals surface area contributed by atoms with Crippen LogP contribution in [0.3, 0.4) is 0 Å². The summed E-state index contributed by atoms with van der Waals surface area (Å²) in [6, 6.07) is 5.49. The Bertz CT molecular complexity index is 385. The van der Waals surface area contributed by atoms with Crippen LogP contribution in [0.25, 0.3) is 0 Å². The Balaban J connectivity index is 2.65. The van der Waals surface area contributed by atoms with Gasteiger partial charge in [0, 0.05) is 6.04 Å². The summed E-state index contributed by atoms with van der Waals surface area (Å²) in [6.07, 6.45) is 2.83. The van der Waals surface area contributed by atoms with E-state index in [1.54, 1.807) is 12.1 Å². The molecule has 0 heterocycles. The van der Waals surface area contributed by atoms with Gasteiger partial charge in [-0.2, -0.15) is 0 Å². The van der Waals surface area contributed by atoms with E-state index in [4.69, 9.17) is 11.6 Å². The Morgan fingerprint density at radius 2 is 2.00 bits per heavy atom. The van der Waals surface area contributed by atoms with Gasteiger partial charge in [-0.25, -0.2) is 4.39 Å². The standard InChI is InChI=1S/C15H23ClFN/c1-15(2,3)9-8-12(18-4)10-11-6-5-7-13(16)14(11)17/h5-7,12,18H,8-10H2,1-4H3. The molecule has 1 nitrogen and oxygen atoms in total. The summed E-state index contributed by atoms with van der Waals surface area (Å²) < 4.78 is 13.8. The molecule has 0 spiro atoms. The lowest BCUT2D eigenvalue weighted by Crippen LogP contribution is -2.29. The fourth-order valence-corrected chi connectivity index (χ4v) is 2.12. The van der Waals surface area contributed by atoms with Gasteiger partial charge in [0.2, 0.25) is 0 Å². The normalized spacial score (nSPS) is 13.7. The minimum absolute atomic E-state index is 0.207. The highest BCUT2D eigenvalue weighted by Gasteiger charge is 2.16. The molecule has 0 saturated carbocycles. The third kappa shape index (κ3) is 4.95. The van der Waals surface area contributed by atoms with E-state index in [1.807, 2.05) is 13.1 Å². The number of benzene rings is 1. The molecule has 0 radical (unpaired) electrons. The van der Waals surface area contributed by atoms with Crippen LogP contribution in [-0.4, -0.2) is 13.1 Å². The van der Waals surface area contributed by atoms with Crippen molar-refractivity contribution < 1.29 is 4.39 Å². The molecule has 0 aliphatic rings. The van der Waals surface area contributed by atoms with Crippen LogP contribution in [0.5, 0.6) is 0 Å². The van der Waals surface area contributed by atoms with E-state index >= 15 is 0 Å². The van der Waals surface area contributed by atoms with Crippen molar-refractivity contribution in [2.45, 2.75) is 46.1 Å². The Kier molecular flexibility index (Phi) is 5.61.